The second kappa shape index (κ2) is 8.12. The minimum atomic E-state index is -0.118. The Morgan fingerprint density at radius 3 is 2.24 bits per heavy atom. The molecule has 1 aliphatic rings. The Hall–Kier alpha value is -1.01. The fourth-order valence-electron chi connectivity index (χ4n) is 3.50. The standard InChI is InChI=1S/C22H36N2P/c1-8-9-13-23-14-15-24(18-23)20-12-10-11-19(16-20)17-25(21(2,3)4)22(5,6)7/h10-12,14-16,18H,8-9,13,17H2,1-7H3. The van der Waals surface area contributed by atoms with Gasteiger partial charge in [0, 0.05) is 24.6 Å². The molecule has 1 heterocycles. The molecular weight excluding hydrogens is 323 g/mol. The Balaban J connectivity index is 2.10. The van der Waals surface area contributed by atoms with E-state index < -0.39 is 0 Å². The molecule has 0 fully saturated rings. The summed E-state index contributed by atoms with van der Waals surface area (Å²) in [4.78, 5) is 4.53. The van der Waals surface area contributed by atoms with Crippen molar-refractivity contribution in [1.29, 1.82) is 0 Å². The van der Waals surface area contributed by atoms with Gasteiger partial charge in [0.1, 0.15) is 6.67 Å². The van der Waals surface area contributed by atoms with Gasteiger partial charge < -0.3 is 9.80 Å². The molecule has 1 aliphatic heterocycles. The number of nitrogens with zero attached hydrogens (tertiary/aromatic N) is 2. The van der Waals surface area contributed by atoms with E-state index in [1.54, 1.807) is 0 Å². The summed E-state index contributed by atoms with van der Waals surface area (Å²) in [6, 6.07) is 9.09. The molecule has 0 amide bonds. The second-order valence-corrected chi connectivity index (χ2v) is 12.9. The number of unbranched alkanes of at least 4 members (excludes halogenated alkanes) is 1. The molecule has 0 saturated heterocycles. The maximum absolute atomic E-state index is 2.40. The van der Waals surface area contributed by atoms with E-state index in [9.17, 15) is 0 Å². The summed E-state index contributed by atoms with van der Waals surface area (Å²) < 4.78 is 0. The predicted octanol–water partition coefficient (Wildman–Crippen LogP) is 6.78. The van der Waals surface area contributed by atoms with Crippen LogP contribution in [0.5, 0.6) is 0 Å². The topological polar surface area (TPSA) is 6.48 Å². The molecule has 2 nitrogen and oxygen atoms in total. The highest BCUT2D eigenvalue weighted by atomic mass is 31.1. The third-order valence-corrected chi connectivity index (χ3v) is 8.55. The van der Waals surface area contributed by atoms with Crippen LogP contribution in [0.15, 0.2) is 36.7 Å². The van der Waals surface area contributed by atoms with Crippen LogP contribution in [-0.2, 0) is 6.16 Å². The quantitative estimate of drug-likeness (QED) is 0.517. The molecule has 3 heteroatoms. The Labute approximate surface area is 157 Å². The first kappa shape index (κ1) is 20.3. The fraction of sp³-hybridized carbons (Fsp3) is 0.591. The van der Waals surface area contributed by atoms with Crippen LogP contribution >= 0.6 is 7.92 Å². The monoisotopic (exact) mass is 359 g/mol. The minimum absolute atomic E-state index is 0.118. The SMILES string of the molecule is CCCCN1[CH]N(c2cccc(CP(C(C)(C)C)C(C)(C)C)c2)C=C1. The molecule has 1 aromatic carbocycles. The number of benzene rings is 1. The van der Waals surface area contributed by atoms with Gasteiger partial charge in [-0.3, -0.25) is 0 Å². The van der Waals surface area contributed by atoms with Crippen molar-refractivity contribution in [3.05, 3.63) is 48.9 Å². The van der Waals surface area contributed by atoms with Crippen LogP contribution in [0, 0.1) is 6.67 Å². The molecule has 0 unspecified atom stereocenters. The summed E-state index contributed by atoms with van der Waals surface area (Å²) in [6.45, 7) is 19.9. The van der Waals surface area contributed by atoms with Gasteiger partial charge in [0.25, 0.3) is 0 Å². The van der Waals surface area contributed by atoms with Gasteiger partial charge in [-0.05, 0) is 40.6 Å². The lowest BCUT2D eigenvalue weighted by Gasteiger charge is -2.41. The van der Waals surface area contributed by atoms with Crippen molar-refractivity contribution in [1.82, 2.24) is 4.90 Å². The molecule has 0 saturated carbocycles. The van der Waals surface area contributed by atoms with Crippen LogP contribution in [0.2, 0.25) is 0 Å². The molecule has 0 N–H and O–H groups in total. The molecule has 0 aromatic heterocycles. The Bertz CT molecular complexity index is 566. The summed E-state index contributed by atoms with van der Waals surface area (Å²) in [5, 5.41) is 0.723. The Morgan fingerprint density at radius 2 is 1.64 bits per heavy atom. The molecule has 139 valence electrons. The summed E-state index contributed by atoms with van der Waals surface area (Å²) in [7, 11) is -0.118. The number of anilines is 1. The van der Waals surface area contributed by atoms with Crippen molar-refractivity contribution in [2.75, 3.05) is 11.4 Å². The molecule has 0 atom stereocenters. The summed E-state index contributed by atoms with van der Waals surface area (Å²) in [6.07, 6.45) is 8.00. The van der Waals surface area contributed by atoms with Gasteiger partial charge in [0.2, 0.25) is 0 Å². The molecule has 25 heavy (non-hydrogen) atoms. The molecule has 0 aliphatic carbocycles. The number of hydrogen-bond acceptors (Lipinski definition) is 2. The highest BCUT2D eigenvalue weighted by Gasteiger charge is 2.34. The van der Waals surface area contributed by atoms with Crippen molar-refractivity contribution >= 4 is 13.6 Å². The largest absolute Gasteiger partial charge is 0.352 e. The van der Waals surface area contributed by atoms with Gasteiger partial charge in [-0.25, -0.2) is 0 Å². The third-order valence-electron chi connectivity index (χ3n) is 4.63. The van der Waals surface area contributed by atoms with E-state index in [1.165, 1.54) is 30.3 Å². The number of rotatable bonds is 6. The van der Waals surface area contributed by atoms with E-state index in [0.717, 1.165) is 6.54 Å². The first-order valence-electron chi connectivity index (χ1n) is 9.55. The lowest BCUT2D eigenvalue weighted by atomic mass is 10.2. The van der Waals surface area contributed by atoms with Gasteiger partial charge in [-0.1, -0.05) is 74.9 Å². The fourth-order valence-corrected chi connectivity index (χ4v) is 7.02. The van der Waals surface area contributed by atoms with Crippen LogP contribution in [0.3, 0.4) is 0 Å². The average Bonchev–Trinajstić information content (AvgIpc) is 2.97. The Kier molecular flexibility index (Phi) is 6.60. The summed E-state index contributed by atoms with van der Waals surface area (Å²) in [5.41, 5.74) is 2.73. The zero-order chi connectivity index (χ0) is 18.7. The van der Waals surface area contributed by atoms with Crippen molar-refractivity contribution in [2.45, 2.75) is 77.8 Å². The van der Waals surface area contributed by atoms with E-state index in [0.29, 0.717) is 10.3 Å². The zero-order valence-corrected chi connectivity index (χ0v) is 18.1. The zero-order valence-electron chi connectivity index (χ0n) is 17.2. The molecule has 0 bridgehead atoms. The van der Waals surface area contributed by atoms with Crippen LogP contribution in [0.4, 0.5) is 5.69 Å². The van der Waals surface area contributed by atoms with Crippen molar-refractivity contribution in [3.8, 4) is 0 Å². The number of hydrogen-bond donors (Lipinski definition) is 0. The lowest BCUT2D eigenvalue weighted by Crippen LogP contribution is -2.26. The van der Waals surface area contributed by atoms with E-state index >= 15 is 0 Å². The smallest absolute Gasteiger partial charge is 0.145 e. The molecule has 1 aromatic rings. The van der Waals surface area contributed by atoms with Gasteiger partial charge in [0.05, 0.1) is 0 Å². The molecular formula is C22H36N2P. The first-order valence-corrected chi connectivity index (χ1v) is 11.1. The van der Waals surface area contributed by atoms with Gasteiger partial charge >= 0.3 is 0 Å². The average molecular weight is 360 g/mol. The van der Waals surface area contributed by atoms with E-state index in [1.807, 2.05) is 0 Å². The Morgan fingerprint density at radius 1 is 0.960 bits per heavy atom. The molecule has 1 radical (unpaired) electrons. The van der Waals surface area contributed by atoms with E-state index in [-0.39, 0.29) is 7.92 Å². The van der Waals surface area contributed by atoms with Crippen molar-refractivity contribution < 1.29 is 0 Å². The van der Waals surface area contributed by atoms with Crippen LogP contribution in [0.1, 0.15) is 66.9 Å². The maximum Gasteiger partial charge on any atom is 0.145 e. The third kappa shape index (κ3) is 5.74. The van der Waals surface area contributed by atoms with Gasteiger partial charge in [-0.2, -0.15) is 0 Å². The minimum Gasteiger partial charge on any atom is -0.352 e. The maximum atomic E-state index is 2.40. The first-order chi connectivity index (χ1) is 11.6. The van der Waals surface area contributed by atoms with E-state index in [4.69, 9.17) is 0 Å². The van der Waals surface area contributed by atoms with Crippen molar-refractivity contribution in [2.24, 2.45) is 0 Å². The van der Waals surface area contributed by atoms with Crippen LogP contribution in [-0.4, -0.2) is 21.8 Å². The second-order valence-electron chi connectivity index (χ2n) is 9.01. The predicted molar refractivity (Wildman–Crippen MR) is 114 cm³/mol. The van der Waals surface area contributed by atoms with Crippen LogP contribution in [0.25, 0.3) is 0 Å². The summed E-state index contributed by atoms with van der Waals surface area (Å²) >= 11 is 0. The van der Waals surface area contributed by atoms with Crippen molar-refractivity contribution in [3.63, 3.8) is 0 Å². The molecule has 2 rings (SSSR count). The molecule has 0 spiro atoms. The van der Waals surface area contributed by atoms with E-state index in [2.05, 4.69) is 102 Å². The lowest BCUT2D eigenvalue weighted by molar-refractivity contribution is 0.452. The highest BCUT2D eigenvalue weighted by Crippen LogP contribution is 2.61. The summed E-state index contributed by atoms with van der Waals surface area (Å²) in [5.74, 6) is 0. The van der Waals surface area contributed by atoms with Gasteiger partial charge in [-0.15, -0.1) is 0 Å². The van der Waals surface area contributed by atoms with Gasteiger partial charge in [0.15, 0.2) is 0 Å². The highest BCUT2D eigenvalue weighted by molar-refractivity contribution is 7.60. The normalized spacial score (nSPS) is 15.5. The van der Waals surface area contributed by atoms with Crippen LogP contribution < -0.4 is 4.90 Å².